The van der Waals surface area contributed by atoms with Gasteiger partial charge in [0.2, 0.25) is 0 Å². The maximum Gasteiger partial charge on any atom is 0.333 e. The Morgan fingerprint density at radius 1 is 1.05 bits per heavy atom. The van der Waals surface area contributed by atoms with Crippen molar-refractivity contribution in [2.24, 2.45) is 0 Å². The number of benzene rings is 2. The van der Waals surface area contributed by atoms with E-state index >= 15 is 0 Å². The SMILES string of the molecule is O=c1[nH]c2cccc(O)c2c(=O)n1-c1ccccc1F. The second-order valence-electron chi connectivity index (χ2n) is 4.22. The summed E-state index contributed by atoms with van der Waals surface area (Å²) in [5.41, 5.74) is -1.50. The van der Waals surface area contributed by atoms with E-state index < -0.39 is 17.1 Å². The van der Waals surface area contributed by atoms with Crippen molar-refractivity contribution >= 4 is 10.9 Å². The molecule has 0 saturated carbocycles. The lowest BCUT2D eigenvalue weighted by Gasteiger charge is -2.07. The van der Waals surface area contributed by atoms with Gasteiger partial charge in [-0.05, 0) is 24.3 Å². The number of aromatic amines is 1. The Hall–Kier alpha value is -2.89. The van der Waals surface area contributed by atoms with Crippen molar-refractivity contribution in [2.45, 2.75) is 0 Å². The van der Waals surface area contributed by atoms with Crippen LogP contribution in [0.15, 0.2) is 52.1 Å². The number of aromatic nitrogens is 2. The predicted molar refractivity (Wildman–Crippen MR) is 71.8 cm³/mol. The smallest absolute Gasteiger partial charge is 0.333 e. The maximum atomic E-state index is 13.8. The highest BCUT2D eigenvalue weighted by molar-refractivity contribution is 5.83. The van der Waals surface area contributed by atoms with Gasteiger partial charge in [0.05, 0.1) is 11.2 Å². The second-order valence-corrected chi connectivity index (χ2v) is 4.22. The molecule has 3 rings (SSSR count). The fourth-order valence-corrected chi connectivity index (χ4v) is 2.10. The number of para-hydroxylation sites is 1. The van der Waals surface area contributed by atoms with Gasteiger partial charge in [-0.3, -0.25) is 4.79 Å². The normalized spacial score (nSPS) is 10.8. The molecular weight excluding hydrogens is 263 g/mol. The van der Waals surface area contributed by atoms with E-state index in [0.717, 1.165) is 6.07 Å². The van der Waals surface area contributed by atoms with Crippen LogP contribution < -0.4 is 11.2 Å². The summed E-state index contributed by atoms with van der Waals surface area (Å²) in [6.45, 7) is 0. The summed E-state index contributed by atoms with van der Waals surface area (Å²) in [7, 11) is 0. The fourth-order valence-electron chi connectivity index (χ4n) is 2.10. The van der Waals surface area contributed by atoms with Crippen LogP contribution >= 0.6 is 0 Å². The zero-order chi connectivity index (χ0) is 14.3. The number of nitrogens with zero attached hydrogens (tertiary/aromatic N) is 1. The summed E-state index contributed by atoms with van der Waals surface area (Å²) in [6, 6.07) is 9.75. The number of phenolic OH excluding ortho intramolecular Hbond substituents is 1. The molecule has 1 heterocycles. The molecule has 0 aliphatic carbocycles. The summed E-state index contributed by atoms with van der Waals surface area (Å²) < 4.78 is 14.4. The van der Waals surface area contributed by atoms with Crippen LogP contribution in [0.3, 0.4) is 0 Å². The molecule has 0 fully saturated rings. The Morgan fingerprint density at radius 2 is 1.80 bits per heavy atom. The van der Waals surface area contributed by atoms with Crippen LogP contribution in [0.25, 0.3) is 16.6 Å². The minimum Gasteiger partial charge on any atom is -0.507 e. The van der Waals surface area contributed by atoms with Crippen molar-refractivity contribution in [1.29, 1.82) is 0 Å². The average Bonchev–Trinajstić information content (AvgIpc) is 2.40. The molecule has 0 aliphatic heterocycles. The van der Waals surface area contributed by atoms with Crippen molar-refractivity contribution in [2.75, 3.05) is 0 Å². The number of nitrogens with one attached hydrogen (secondary N) is 1. The third kappa shape index (κ3) is 1.70. The van der Waals surface area contributed by atoms with Crippen LogP contribution in [0.4, 0.5) is 4.39 Å². The molecular formula is C14H9FN2O3. The predicted octanol–water partition coefficient (Wildman–Crippen LogP) is 1.52. The molecule has 0 bridgehead atoms. The molecule has 0 atom stereocenters. The van der Waals surface area contributed by atoms with E-state index in [2.05, 4.69) is 4.98 Å². The van der Waals surface area contributed by atoms with E-state index in [-0.39, 0.29) is 22.3 Å². The van der Waals surface area contributed by atoms with E-state index in [0.29, 0.717) is 4.57 Å². The zero-order valence-electron chi connectivity index (χ0n) is 10.1. The van der Waals surface area contributed by atoms with Crippen LogP contribution in [-0.2, 0) is 0 Å². The molecule has 6 heteroatoms. The van der Waals surface area contributed by atoms with Crippen LogP contribution in [0, 0.1) is 5.82 Å². The fraction of sp³-hybridized carbons (Fsp3) is 0. The minimum absolute atomic E-state index is 0.0599. The van der Waals surface area contributed by atoms with E-state index in [4.69, 9.17) is 0 Å². The second kappa shape index (κ2) is 4.34. The van der Waals surface area contributed by atoms with Gasteiger partial charge < -0.3 is 10.1 Å². The Morgan fingerprint density at radius 3 is 2.55 bits per heavy atom. The molecule has 2 aromatic carbocycles. The molecule has 5 nitrogen and oxygen atoms in total. The van der Waals surface area contributed by atoms with Gasteiger partial charge in [-0.25, -0.2) is 13.8 Å². The Labute approximate surface area is 111 Å². The molecule has 0 radical (unpaired) electrons. The zero-order valence-corrected chi connectivity index (χ0v) is 10.1. The molecule has 0 unspecified atom stereocenters. The highest BCUT2D eigenvalue weighted by atomic mass is 19.1. The Balaban J connectivity index is 2.50. The highest BCUT2D eigenvalue weighted by Crippen LogP contribution is 2.18. The van der Waals surface area contributed by atoms with Crippen molar-refractivity contribution < 1.29 is 9.50 Å². The van der Waals surface area contributed by atoms with Crippen LogP contribution in [0.5, 0.6) is 5.75 Å². The van der Waals surface area contributed by atoms with E-state index in [1.165, 1.54) is 36.4 Å². The summed E-state index contributed by atoms with van der Waals surface area (Å²) in [6.07, 6.45) is 0. The summed E-state index contributed by atoms with van der Waals surface area (Å²) in [5.74, 6) is -0.969. The molecule has 0 saturated heterocycles. The largest absolute Gasteiger partial charge is 0.507 e. The molecule has 3 aromatic rings. The first-order valence-electron chi connectivity index (χ1n) is 5.81. The van der Waals surface area contributed by atoms with E-state index in [9.17, 15) is 19.1 Å². The van der Waals surface area contributed by atoms with Gasteiger partial charge in [0.15, 0.2) is 0 Å². The molecule has 100 valence electrons. The van der Waals surface area contributed by atoms with Gasteiger partial charge in [-0.1, -0.05) is 18.2 Å². The van der Waals surface area contributed by atoms with E-state index in [1.807, 2.05) is 0 Å². The lowest BCUT2D eigenvalue weighted by molar-refractivity contribution is 0.480. The maximum absolute atomic E-state index is 13.8. The number of H-pyrrole nitrogens is 1. The topological polar surface area (TPSA) is 75.1 Å². The molecule has 0 spiro atoms. The number of phenols is 1. The number of fused-ring (bicyclic) bond motifs is 1. The molecule has 0 amide bonds. The molecule has 2 N–H and O–H groups in total. The number of aromatic hydroxyl groups is 1. The standard InChI is InChI=1S/C14H9FN2O3/c15-8-4-1-2-6-10(8)17-13(19)12-9(16-14(17)20)5-3-7-11(12)18/h1-7,18H,(H,16,20). The monoisotopic (exact) mass is 272 g/mol. The molecule has 20 heavy (non-hydrogen) atoms. The van der Waals surface area contributed by atoms with Gasteiger partial charge in [0.25, 0.3) is 5.56 Å². The lowest BCUT2D eigenvalue weighted by Crippen LogP contribution is -2.34. The Kier molecular flexibility index (Phi) is 2.64. The number of hydrogen-bond acceptors (Lipinski definition) is 3. The van der Waals surface area contributed by atoms with Gasteiger partial charge in [0.1, 0.15) is 17.0 Å². The third-order valence-corrected chi connectivity index (χ3v) is 3.00. The van der Waals surface area contributed by atoms with Crippen molar-refractivity contribution in [3.63, 3.8) is 0 Å². The highest BCUT2D eigenvalue weighted by Gasteiger charge is 2.14. The van der Waals surface area contributed by atoms with Gasteiger partial charge in [-0.2, -0.15) is 0 Å². The first-order valence-corrected chi connectivity index (χ1v) is 5.81. The Bertz CT molecular complexity index is 928. The van der Waals surface area contributed by atoms with Crippen LogP contribution in [0.2, 0.25) is 0 Å². The van der Waals surface area contributed by atoms with Crippen LogP contribution in [-0.4, -0.2) is 14.7 Å². The quantitative estimate of drug-likeness (QED) is 0.705. The number of rotatable bonds is 1. The number of halogens is 1. The third-order valence-electron chi connectivity index (χ3n) is 3.00. The van der Waals surface area contributed by atoms with Crippen molar-refractivity contribution in [1.82, 2.24) is 9.55 Å². The van der Waals surface area contributed by atoms with E-state index in [1.54, 1.807) is 0 Å². The first kappa shape index (κ1) is 12.2. The number of hydrogen-bond donors (Lipinski definition) is 2. The first-order chi connectivity index (χ1) is 9.59. The summed E-state index contributed by atoms with van der Waals surface area (Å²) in [4.78, 5) is 26.8. The minimum atomic E-state index is -0.771. The molecule has 1 aromatic heterocycles. The van der Waals surface area contributed by atoms with Crippen molar-refractivity contribution in [3.8, 4) is 11.4 Å². The summed E-state index contributed by atoms with van der Waals surface area (Å²) >= 11 is 0. The lowest BCUT2D eigenvalue weighted by atomic mass is 10.2. The van der Waals surface area contributed by atoms with Gasteiger partial charge >= 0.3 is 5.69 Å². The molecule has 0 aliphatic rings. The summed E-state index contributed by atoms with van der Waals surface area (Å²) in [5, 5.41) is 9.69. The van der Waals surface area contributed by atoms with Crippen molar-refractivity contribution in [3.05, 3.63) is 69.1 Å². The van der Waals surface area contributed by atoms with Gasteiger partial charge in [0, 0.05) is 0 Å². The average molecular weight is 272 g/mol. The van der Waals surface area contributed by atoms with Gasteiger partial charge in [-0.15, -0.1) is 0 Å². The van der Waals surface area contributed by atoms with Crippen LogP contribution in [0.1, 0.15) is 0 Å².